The molecule has 1 aliphatic carbocycles. The van der Waals surface area contributed by atoms with Gasteiger partial charge in [-0.1, -0.05) is 31.4 Å². The fourth-order valence-corrected chi connectivity index (χ4v) is 4.16. The van der Waals surface area contributed by atoms with E-state index in [0.29, 0.717) is 19.3 Å². The maximum Gasteiger partial charge on any atom is 0.315 e. The van der Waals surface area contributed by atoms with E-state index in [2.05, 4.69) is 21.7 Å². The monoisotopic (exact) mass is 357 g/mol. The van der Waals surface area contributed by atoms with Crippen molar-refractivity contribution in [3.63, 3.8) is 0 Å². The molecule has 0 radical (unpaired) electrons. The Balaban J connectivity index is 1.29. The minimum Gasteiger partial charge on any atom is -0.373 e. The van der Waals surface area contributed by atoms with Gasteiger partial charge in [-0.05, 0) is 31.1 Å². The van der Waals surface area contributed by atoms with E-state index >= 15 is 0 Å². The molecule has 2 aliphatic heterocycles. The van der Waals surface area contributed by atoms with Crippen LogP contribution in [0, 0.1) is 5.92 Å². The van der Waals surface area contributed by atoms with Gasteiger partial charge < -0.3 is 20.1 Å². The Kier molecular flexibility index (Phi) is 5.51. The van der Waals surface area contributed by atoms with E-state index in [1.807, 2.05) is 24.3 Å². The second-order valence-corrected chi connectivity index (χ2v) is 7.43. The van der Waals surface area contributed by atoms with Gasteiger partial charge in [0.2, 0.25) is 0 Å². The summed E-state index contributed by atoms with van der Waals surface area (Å²) >= 11 is 0. The van der Waals surface area contributed by atoms with E-state index in [4.69, 9.17) is 9.47 Å². The Labute approximate surface area is 154 Å². The van der Waals surface area contributed by atoms with Crippen LogP contribution in [-0.4, -0.2) is 48.5 Å². The summed E-state index contributed by atoms with van der Waals surface area (Å²) in [4.78, 5) is 16.6. The van der Waals surface area contributed by atoms with Crippen molar-refractivity contribution in [3.8, 4) is 0 Å². The first kappa shape index (κ1) is 17.5. The Morgan fingerprint density at radius 1 is 1.08 bits per heavy atom. The zero-order valence-electron chi connectivity index (χ0n) is 15.0. The number of urea groups is 1. The quantitative estimate of drug-likeness (QED) is 0.868. The molecule has 2 N–H and O–H groups in total. The molecule has 140 valence electrons. The van der Waals surface area contributed by atoms with E-state index in [-0.39, 0.29) is 30.2 Å². The van der Waals surface area contributed by atoms with Crippen LogP contribution in [0.15, 0.2) is 30.5 Å². The molecule has 1 aromatic rings. The minimum atomic E-state index is -0.0952. The fourth-order valence-electron chi connectivity index (χ4n) is 4.16. The number of aromatic nitrogens is 1. The van der Waals surface area contributed by atoms with Crippen LogP contribution >= 0.6 is 0 Å². The molecule has 0 spiro atoms. The Morgan fingerprint density at radius 2 is 1.92 bits per heavy atom. The van der Waals surface area contributed by atoms with Crippen LogP contribution in [-0.2, 0) is 9.47 Å². The smallest absolute Gasteiger partial charge is 0.315 e. The highest BCUT2D eigenvalue weighted by Gasteiger charge is 2.47. The molecular weight excluding hydrogens is 330 g/mol. The number of carbonyl (C=O) groups is 1. The Hall–Kier alpha value is -1.92. The summed E-state index contributed by atoms with van der Waals surface area (Å²) in [5.41, 5.74) is 0.926. The van der Waals surface area contributed by atoms with Crippen molar-refractivity contribution >= 4 is 12.1 Å². The molecule has 4 rings (SSSR count). The fraction of sp³-hybridized carbons (Fsp3) is 0.600. The highest BCUT2D eigenvalue weighted by Crippen LogP contribution is 2.32. The SMILES string of the molecule is O=C(NC1CCCCC1)N[C@H]1CO[C@H]2[C@@H]1OC[C@@H]2/C=C\c1ccccn1. The lowest BCUT2D eigenvalue weighted by Crippen LogP contribution is -2.50. The van der Waals surface area contributed by atoms with E-state index in [1.54, 1.807) is 6.20 Å². The summed E-state index contributed by atoms with van der Waals surface area (Å²) in [6.07, 6.45) is 11.7. The summed E-state index contributed by atoms with van der Waals surface area (Å²) in [6.45, 7) is 1.11. The van der Waals surface area contributed by atoms with Gasteiger partial charge >= 0.3 is 6.03 Å². The summed E-state index contributed by atoms with van der Waals surface area (Å²) < 4.78 is 11.9. The zero-order chi connectivity index (χ0) is 17.8. The topological polar surface area (TPSA) is 72.5 Å². The summed E-state index contributed by atoms with van der Waals surface area (Å²) in [6, 6.07) is 5.97. The molecule has 0 aromatic carbocycles. The van der Waals surface area contributed by atoms with Crippen LogP contribution in [0.2, 0.25) is 0 Å². The van der Waals surface area contributed by atoms with Crippen molar-refractivity contribution < 1.29 is 14.3 Å². The highest BCUT2D eigenvalue weighted by atomic mass is 16.6. The second-order valence-electron chi connectivity index (χ2n) is 7.43. The predicted octanol–water partition coefficient (Wildman–Crippen LogP) is 2.51. The van der Waals surface area contributed by atoms with Crippen molar-refractivity contribution in [1.29, 1.82) is 0 Å². The van der Waals surface area contributed by atoms with Gasteiger partial charge in [-0.15, -0.1) is 0 Å². The van der Waals surface area contributed by atoms with Gasteiger partial charge in [0.15, 0.2) is 0 Å². The van der Waals surface area contributed by atoms with Crippen LogP contribution in [0.4, 0.5) is 4.79 Å². The molecule has 1 aromatic heterocycles. The summed E-state index contributed by atoms with van der Waals surface area (Å²) in [5, 5.41) is 6.16. The predicted molar refractivity (Wildman–Crippen MR) is 98.6 cm³/mol. The number of nitrogens with zero attached hydrogens (tertiary/aromatic N) is 1. The molecule has 3 aliphatic rings. The molecular formula is C20H27N3O3. The summed E-state index contributed by atoms with van der Waals surface area (Å²) in [7, 11) is 0. The van der Waals surface area contributed by atoms with Gasteiger partial charge in [-0.3, -0.25) is 4.98 Å². The van der Waals surface area contributed by atoms with Gasteiger partial charge in [0.25, 0.3) is 0 Å². The van der Waals surface area contributed by atoms with E-state index in [0.717, 1.165) is 18.5 Å². The van der Waals surface area contributed by atoms with Crippen molar-refractivity contribution in [2.24, 2.45) is 5.92 Å². The number of hydrogen-bond donors (Lipinski definition) is 2. The van der Waals surface area contributed by atoms with Gasteiger partial charge in [0.1, 0.15) is 6.10 Å². The lowest BCUT2D eigenvalue weighted by Gasteiger charge is -2.24. The normalized spacial score (nSPS) is 31.8. The highest BCUT2D eigenvalue weighted by molar-refractivity contribution is 5.74. The van der Waals surface area contributed by atoms with Crippen molar-refractivity contribution in [2.75, 3.05) is 13.2 Å². The van der Waals surface area contributed by atoms with E-state index in [1.165, 1.54) is 19.3 Å². The number of hydrogen-bond acceptors (Lipinski definition) is 4. The maximum atomic E-state index is 12.3. The first-order valence-corrected chi connectivity index (χ1v) is 9.69. The molecule has 1 saturated carbocycles. The number of carbonyl (C=O) groups excluding carboxylic acids is 1. The number of rotatable bonds is 4. The molecule has 6 heteroatoms. The van der Waals surface area contributed by atoms with Crippen LogP contribution in [0.1, 0.15) is 37.8 Å². The van der Waals surface area contributed by atoms with Gasteiger partial charge in [-0.25, -0.2) is 4.79 Å². The lowest BCUT2D eigenvalue weighted by atomic mass is 9.96. The standard InChI is InChI=1S/C20H27N3O3/c24-20(22-16-7-2-1-3-8-16)23-17-13-26-18-14(12-25-19(17)18)9-10-15-6-4-5-11-21-15/h4-6,9-11,14,16-19H,1-3,7-8,12-13H2,(H2,22,23,24)/b10-9-/t14-,17-,18+,19+/m0/s1. The van der Waals surface area contributed by atoms with Crippen LogP contribution in [0.25, 0.3) is 6.08 Å². The van der Waals surface area contributed by atoms with Crippen molar-refractivity contribution in [1.82, 2.24) is 15.6 Å². The third-order valence-corrected chi connectivity index (χ3v) is 5.55. The van der Waals surface area contributed by atoms with Crippen molar-refractivity contribution in [3.05, 3.63) is 36.2 Å². The molecule has 0 unspecified atom stereocenters. The molecule has 2 amide bonds. The molecule has 0 bridgehead atoms. The number of amides is 2. The molecule has 4 atom stereocenters. The van der Waals surface area contributed by atoms with E-state index in [9.17, 15) is 4.79 Å². The third kappa shape index (κ3) is 4.07. The number of pyridine rings is 1. The average Bonchev–Trinajstić information content (AvgIpc) is 3.25. The van der Waals surface area contributed by atoms with Crippen LogP contribution in [0.3, 0.4) is 0 Å². The van der Waals surface area contributed by atoms with Gasteiger partial charge in [0.05, 0.1) is 31.1 Å². The van der Waals surface area contributed by atoms with E-state index < -0.39 is 0 Å². The number of nitrogens with one attached hydrogen (secondary N) is 2. The molecule has 26 heavy (non-hydrogen) atoms. The molecule has 3 heterocycles. The largest absolute Gasteiger partial charge is 0.373 e. The summed E-state index contributed by atoms with van der Waals surface area (Å²) in [5.74, 6) is 0.190. The first-order valence-electron chi connectivity index (χ1n) is 9.69. The second kappa shape index (κ2) is 8.18. The number of ether oxygens (including phenoxy) is 2. The minimum absolute atomic E-state index is 0.00468. The first-order chi connectivity index (χ1) is 12.8. The van der Waals surface area contributed by atoms with Crippen molar-refractivity contribution in [2.45, 2.75) is 56.4 Å². The molecule has 3 fully saturated rings. The van der Waals surface area contributed by atoms with Gasteiger partial charge in [0, 0.05) is 18.2 Å². The Morgan fingerprint density at radius 3 is 2.73 bits per heavy atom. The zero-order valence-corrected chi connectivity index (χ0v) is 15.0. The Bertz CT molecular complexity index is 630. The number of fused-ring (bicyclic) bond motifs is 1. The maximum absolute atomic E-state index is 12.3. The van der Waals surface area contributed by atoms with Crippen LogP contribution in [0.5, 0.6) is 0 Å². The van der Waals surface area contributed by atoms with Crippen LogP contribution < -0.4 is 10.6 Å². The third-order valence-electron chi connectivity index (χ3n) is 5.55. The molecule has 6 nitrogen and oxygen atoms in total. The molecule has 2 saturated heterocycles. The average molecular weight is 357 g/mol. The lowest BCUT2D eigenvalue weighted by molar-refractivity contribution is 0.0661. The van der Waals surface area contributed by atoms with Gasteiger partial charge in [-0.2, -0.15) is 0 Å².